The van der Waals surface area contributed by atoms with E-state index in [2.05, 4.69) is 66.5 Å². The SMILES string of the molecule is CCCc1cc(Cl)ccc1C1COc2ccc3cc2N(C1)CC1CCC1[C@@]1(/C=C/CC(C)C(C)S(=O)NC3=O)CN(C(C)C)CCO1. The van der Waals surface area contributed by atoms with Gasteiger partial charge >= 0.3 is 0 Å². The molecule has 0 radical (unpaired) electrons. The Balaban J connectivity index is 1.41. The van der Waals surface area contributed by atoms with E-state index in [4.69, 9.17) is 21.1 Å². The zero-order valence-electron chi connectivity index (χ0n) is 28.7. The van der Waals surface area contributed by atoms with Crippen LogP contribution in [0.15, 0.2) is 48.6 Å². The molecule has 6 rings (SSSR count). The fourth-order valence-electron chi connectivity index (χ4n) is 7.98. The predicted octanol–water partition coefficient (Wildman–Crippen LogP) is 7.16. The Kier molecular flexibility index (Phi) is 10.7. The first-order chi connectivity index (χ1) is 22.6. The largest absolute Gasteiger partial charge is 0.491 e. The number of benzene rings is 2. The van der Waals surface area contributed by atoms with Gasteiger partial charge in [-0.3, -0.25) is 14.4 Å². The summed E-state index contributed by atoms with van der Waals surface area (Å²) in [7, 11) is -1.53. The number of aryl methyl sites for hydroxylation is 1. The molecule has 7 nitrogen and oxygen atoms in total. The normalized spacial score (nSPS) is 32.6. The van der Waals surface area contributed by atoms with Crippen molar-refractivity contribution in [3.05, 3.63) is 70.3 Å². The molecule has 6 unspecified atom stereocenters. The Bertz CT molecular complexity index is 1500. The number of amides is 1. The van der Waals surface area contributed by atoms with Crippen molar-refractivity contribution < 1.29 is 18.5 Å². The molecule has 7 atom stereocenters. The molecule has 0 aromatic heterocycles. The molecular formula is C38H52ClN3O4S. The third-order valence-electron chi connectivity index (χ3n) is 11.2. The van der Waals surface area contributed by atoms with Crippen molar-refractivity contribution in [1.29, 1.82) is 0 Å². The highest BCUT2D eigenvalue weighted by molar-refractivity contribution is 7.84. The summed E-state index contributed by atoms with van der Waals surface area (Å²) in [5, 5.41) is 0.553. The molecule has 47 heavy (non-hydrogen) atoms. The van der Waals surface area contributed by atoms with Crippen LogP contribution in [0.2, 0.25) is 5.02 Å². The number of fused-ring (bicyclic) bond motifs is 3. The topological polar surface area (TPSA) is 71.1 Å². The smallest absolute Gasteiger partial charge is 0.263 e. The number of rotatable bonds is 4. The summed E-state index contributed by atoms with van der Waals surface area (Å²) >= 11 is 6.47. The van der Waals surface area contributed by atoms with E-state index in [1.54, 1.807) is 6.07 Å². The molecule has 1 aliphatic carbocycles. The quantitative estimate of drug-likeness (QED) is 0.346. The van der Waals surface area contributed by atoms with Gasteiger partial charge in [0, 0.05) is 48.7 Å². The highest BCUT2D eigenvalue weighted by Gasteiger charge is 2.50. The van der Waals surface area contributed by atoms with Gasteiger partial charge in [0.25, 0.3) is 5.91 Å². The van der Waals surface area contributed by atoms with E-state index in [1.165, 1.54) is 11.1 Å². The van der Waals surface area contributed by atoms with E-state index in [0.29, 0.717) is 30.0 Å². The molecule has 1 amide bonds. The van der Waals surface area contributed by atoms with Gasteiger partial charge in [0.2, 0.25) is 0 Å². The Morgan fingerprint density at radius 3 is 2.70 bits per heavy atom. The van der Waals surface area contributed by atoms with Crippen LogP contribution in [0.5, 0.6) is 5.75 Å². The van der Waals surface area contributed by atoms with Crippen molar-refractivity contribution in [1.82, 2.24) is 9.62 Å². The average Bonchev–Trinajstić information content (AvgIpc) is 3.21. The number of ether oxygens (including phenoxy) is 2. The molecule has 9 heteroatoms. The van der Waals surface area contributed by atoms with Crippen molar-refractivity contribution in [2.24, 2.45) is 17.8 Å². The minimum absolute atomic E-state index is 0.123. The Morgan fingerprint density at radius 1 is 1.13 bits per heavy atom. The second-order valence-electron chi connectivity index (χ2n) is 14.5. The molecular weight excluding hydrogens is 630 g/mol. The first-order valence-corrected chi connectivity index (χ1v) is 19.2. The number of morpholine rings is 1. The molecule has 2 bridgehead atoms. The summed E-state index contributed by atoms with van der Waals surface area (Å²) in [6.45, 7) is 15.5. The van der Waals surface area contributed by atoms with Crippen LogP contribution in [0.4, 0.5) is 5.69 Å². The molecule has 2 fully saturated rings. The number of carbonyl (C=O) groups is 1. The lowest BCUT2D eigenvalue weighted by molar-refractivity contribution is -0.149. The standard InChI is InChI=1S/C38H52ClN3O4S/c1-6-8-28-19-32(39)12-13-33(28)31-22-42-21-30-10-14-34(30)38(24-41(25(2)3)17-18-46-38)16-7-9-26(4)27(5)47(44)40-37(43)29-11-15-36(45-23-31)35(42)20-29/h7,11-13,15-16,19-20,25-27,30-31,34H,6,8-10,14,17-18,21-24H2,1-5H3,(H,40,43)/b16-7+/t26?,27?,30?,31?,34?,38-,47?/m1/s1. The lowest BCUT2D eigenvalue weighted by atomic mass is 9.63. The maximum absolute atomic E-state index is 13.5. The van der Waals surface area contributed by atoms with E-state index in [1.807, 2.05) is 25.1 Å². The summed E-state index contributed by atoms with van der Waals surface area (Å²) < 4.78 is 29.6. The molecule has 3 aliphatic heterocycles. The van der Waals surface area contributed by atoms with Crippen LogP contribution in [0, 0.1) is 17.8 Å². The summed E-state index contributed by atoms with van der Waals surface area (Å²) in [5.74, 6) is 1.52. The summed E-state index contributed by atoms with van der Waals surface area (Å²) in [4.78, 5) is 18.5. The van der Waals surface area contributed by atoms with Gasteiger partial charge in [0.1, 0.15) is 22.3 Å². The molecule has 256 valence electrons. The zero-order valence-corrected chi connectivity index (χ0v) is 30.2. The van der Waals surface area contributed by atoms with Gasteiger partial charge in [-0.2, -0.15) is 0 Å². The zero-order chi connectivity index (χ0) is 33.3. The van der Waals surface area contributed by atoms with Crippen molar-refractivity contribution >= 4 is 34.2 Å². The third kappa shape index (κ3) is 7.31. The molecule has 4 aliphatic rings. The highest BCUT2D eigenvalue weighted by Crippen LogP contribution is 2.48. The van der Waals surface area contributed by atoms with Gasteiger partial charge in [0.15, 0.2) is 0 Å². The van der Waals surface area contributed by atoms with Crippen LogP contribution in [0.1, 0.15) is 87.7 Å². The Hall–Kier alpha value is -2.39. The lowest BCUT2D eigenvalue weighted by Crippen LogP contribution is -2.61. The number of allylic oxidation sites excluding steroid dienone is 1. The second kappa shape index (κ2) is 14.6. The third-order valence-corrected chi connectivity index (χ3v) is 12.9. The molecule has 1 N–H and O–H groups in total. The van der Waals surface area contributed by atoms with Crippen molar-refractivity contribution in [3.8, 4) is 5.75 Å². The van der Waals surface area contributed by atoms with Gasteiger partial charge < -0.3 is 14.4 Å². The first-order valence-electron chi connectivity index (χ1n) is 17.7. The fraction of sp³-hybridized carbons (Fsp3) is 0.605. The van der Waals surface area contributed by atoms with Gasteiger partial charge in [0.05, 0.1) is 24.2 Å². The van der Waals surface area contributed by atoms with Crippen LogP contribution >= 0.6 is 11.6 Å². The number of nitrogens with one attached hydrogen (secondary N) is 1. The van der Waals surface area contributed by atoms with E-state index in [0.717, 1.165) is 81.3 Å². The van der Waals surface area contributed by atoms with Crippen molar-refractivity contribution in [2.45, 2.75) is 89.5 Å². The van der Waals surface area contributed by atoms with Crippen LogP contribution in [-0.4, -0.2) is 71.3 Å². The summed E-state index contributed by atoms with van der Waals surface area (Å²) in [6, 6.07) is 12.4. The molecule has 1 saturated carbocycles. The van der Waals surface area contributed by atoms with E-state index < -0.39 is 11.0 Å². The van der Waals surface area contributed by atoms with Gasteiger partial charge in [-0.1, -0.05) is 50.1 Å². The number of anilines is 1. The van der Waals surface area contributed by atoms with Gasteiger partial charge in [-0.15, -0.1) is 0 Å². The van der Waals surface area contributed by atoms with Crippen LogP contribution < -0.4 is 14.4 Å². The fourth-order valence-corrected chi connectivity index (χ4v) is 9.20. The van der Waals surface area contributed by atoms with Crippen LogP contribution in [0.25, 0.3) is 0 Å². The Labute approximate surface area is 289 Å². The molecule has 2 aromatic carbocycles. The van der Waals surface area contributed by atoms with Crippen LogP contribution in [0.3, 0.4) is 0 Å². The lowest BCUT2D eigenvalue weighted by Gasteiger charge is -2.54. The second-order valence-corrected chi connectivity index (χ2v) is 16.5. The van der Waals surface area contributed by atoms with E-state index in [9.17, 15) is 9.00 Å². The Morgan fingerprint density at radius 2 is 1.96 bits per heavy atom. The maximum Gasteiger partial charge on any atom is 0.263 e. The number of hydrogen-bond donors (Lipinski definition) is 1. The minimum atomic E-state index is -1.53. The van der Waals surface area contributed by atoms with E-state index in [-0.39, 0.29) is 28.6 Å². The van der Waals surface area contributed by atoms with Gasteiger partial charge in [-0.25, -0.2) is 4.21 Å². The number of hydrogen-bond acceptors (Lipinski definition) is 6. The molecule has 3 heterocycles. The molecule has 1 saturated heterocycles. The highest BCUT2D eigenvalue weighted by atomic mass is 35.5. The number of halogens is 1. The summed E-state index contributed by atoms with van der Waals surface area (Å²) in [6.07, 6.45) is 9.64. The number of carbonyl (C=O) groups excluding carboxylic acids is 1. The minimum Gasteiger partial charge on any atom is -0.491 e. The molecule has 2 aromatic rings. The van der Waals surface area contributed by atoms with E-state index >= 15 is 0 Å². The van der Waals surface area contributed by atoms with Crippen LogP contribution in [-0.2, 0) is 22.1 Å². The van der Waals surface area contributed by atoms with Crippen molar-refractivity contribution in [2.75, 3.05) is 44.3 Å². The summed E-state index contributed by atoms with van der Waals surface area (Å²) in [5.41, 5.74) is 3.61. The van der Waals surface area contributed by atoms with Gasteiger partial charge in [-0.05, 0) is 106 Å². The average molecular weight is 682 g/mol. The molecule has 1 spiro atoms. The number of nitrogens with zero attached hydrogens (tertiary/aromatic N) is 2. The first kappa shape index (κ1) is 34.5. The monoisotopic (exact) mass is 681 g/mol. The van der Waals surface area contributed by atoms with Crippen molar-refractivity contribution in [3.63, 3.8) is 0 Å². The predicted molar refractivity (Wildman–Crippen MR) is 192 cm³/mol. The maximum atomic E-state index is 13.5.